The van der Waals surface area contributed by atoms with Gasteiger partial charge in [-0.05, 0) is 88.4 Å². The molecule has 5 rings (SSSR count). The quantitative estimate of drug-likeness (QED) is 0.260. The van der Waals surface area contributed by atoms with E-state index in [-0.39, 0.29) is 11.5 Å². The van der Waals surface area contributed by atoms with Gasteiger partial charge in [0.25, 0.3) is 0 Å². The minimum Gasteiger partial charge on any atom is -0.507 e. The van der Waals surface area contributed by atoms with Crippen LogP contribution in [0, 0.1) is 21.0 Å². The lowest BCUT2D eigenvalue weighted by molar-refractivity contribution is 0.0221. The number of hydrogen-bond acceptors (Lipinski definition) is 5. The van der Waals surface area contributed by atoms with E-state index in [1.54, 1.807) is 24.3 Å². The van der Waals surface area contributed by atoms with E-state index in [1.165, 1.54) is 0 Å². The Morgan fingerprint density at radius 3 is 2.38 bits per heavy atom. The van der Waals surface area contributed by atoms with E-state index < -0.39 is 11.6 Å². The first-order chi connectivity index (χ1) is 13.8. The van der Waals surface area contributed by atoms with Gasteiger partial charge in [0, 0.05) is 11.1 Å². The van der Waals surface area contributed by atoms with Crippen LogP contribution in [0.15, 0.2) is 36.4 Å². The van der Waals surface area contributed by atoms with Gasteiger partial charge in [-0.2, -0.15) is 0 Å². The molecular weight excluding hydrogens is 598 g/mol. The molecule has 0 bridgehead atoms. The summed E-state index contributed by atoms with van der Waals surface area (Å²) in [7, 11) is 0. The highest BCUT2D eigenvalue weighted by atomic mass is 127. The molecule has 0 radical (unpaired) electrons. The third-order valence-corrected chi connectivity index (χ3v) is 7.75. The molecule has 0 fully saturated rings. The SMILES string of the molecule is Cc1c(C)c2c(c(I)c1O)Oc1c(ccc(O)c1I)C21OC(=O)c2ccccc21. The number of carbonyl (C=O) groups is 1. The molecule has 2 aliphatic rings. The minimum absolute atomic E-state index is 0.0728. The van der Waals surface area contributed by atoms with Gasteiger partial charge in [0.15, 0.2) is 17.1 Å². The summed E-state index contributed by atoms with van der Waals surface area (Å²) in [6.45, 7) is 3.72. The van der Waals surface area contributed by atoms with E-state index in [2.05, 4.69) is 0 Å². The van der Waals surface area contributed by atoms with Gasteiger partial charge in [-0.15, -0.1) is 0 Å². The Bertz CT molecular complexity index is 1250. The molecule has 3 aromatic carbocycles. The largest absolute Gasteiger partial charge is 0.507 e. The molecular formula is C22H14I2O5. The van der Waals surface area contributed by atoms with Crippen molar-refractivity contribution in [2.24, 2.45) is 0 Å². The molecule has 29 heavy (non-hydrogen) atoms. The first kappa shape index (κ1) is 19.0. The second kappa shape index (κ2) is 6.24. The fraction of sp³-hybridized carbons (Fsp3) is 0.136. The zero-order chi connectivity index (χ0) is 20.7. The second-order valence-electron chi connectivity index (χ2n) is 7.11. The molecule has 2 aliphatic heterocycles. The van der Waals surface area contributed by atoms with Gasteiger partial charge in [0.05, 0.1) is 18.3 Å². The highest BCUT2D eigenvalue weighted by molar-refractivity contribution is 14.1. The summed E-state index contributed by atoms with van der Waals surface area (Å²) in [5.41, 5.74) is 2.84. The van der Waals surface area contributed by atoms with Crippen molar-refractivity contribution < 1.29 is 24.5 Å². The molecule has 5 nitrogen and oxygen atoms in total. The average molecular weight is 612 g/mol. The van der Waals surface area contributed by atoms with Crippen LogP contribution in [0.4, 0.5) is 0 Å². The first-order valence-corrected chi connectivity index (χ1v) is 11.0. The predicted octanol–water partition coefficient (Wildman–Crippen LogP) is 5.49. The summed E-state index contributed by atoms with van der Waals surface area (Å²) in [6, 6.07) is 10.6. The number of hydrogen-bond donors (Lipinski definition) is 2. The van der Waals surface area contributed by atoms with Crippen LogP contribution in [0.5, 0.6) is 23.0 Å². The Labute approximate surface area is 193 Å². The van der Waals surface area contributed by atoms with Crippen LogP contribution in [0.2, 0.25) is 0 Å². The lowest BCUT2D eigenvalue weighted by Crippen LogP contribution is -2.34. The van der Waals surface area contributed by atoms with Crippen molar-refractivity contribution in [1.82, 2.24) is 0 Å². The molecule has 1 atom stereocenters. The number of fused-ring (bicyclic) bond motifs is 6. The Morgan fingerprint density at radius 2 is 1.62 bits per heavy atom. The number of ether oxygens (including phenoxy) is 2. The van der Waals surface area contributed by atoms with Crippen molar-refractivity contribution in [1.29, 1.82) is 0 Å². The van der Waals surface area contributed by atoms with Crippen molar-refractivity contribution >= 4 is 51.2 Å². The van der Waals surface area contributed by atoms with E-state index in [0.29, 0.717) is 40.9 Å². The van der Waals surface area contributed by atoms with Gasteiger partial charge in [0.2, 0.25) is 0 Å². The van der Waals surface area contributed by atoms with Crippen molar-refractivity contribution in [3.63, 3.8) is 0 Å². The van der Waals surface area contributed by atoms with Crippen LogP contribution in [-0.4, -0.2) is 16.2 Å². The molecule has 2 N–H and O–H groups in total. The fourth-order valence-corrected chi connectivity index (χ4v) is 5.56. The zero-order valence-electron chi connectivity index (χ0n) is 15.3. The van der Waals surface area contributed by atoms with E-state index in [1.807, 2.05) is 71.2 Å². The fourth-order valence-electron chi connectivity index (χ4n) is 4.20. The van der Waals surface area contributed by atoms with Crippen molar-refractivity contribution in [3.05, 3.63) is 76.9 Å². The third kappa shape index (κ3) is 2.28. The Kier molecular flexibility index (Phi) is 4.09. The molecule has 1 unspecified atom stereocenters. The first-order valence-electron chi connectivity index (χ1n) is 8.83. The number of carbonyl (C=O) groups excluding carboxylic acids is 1. The van der Waals surface area contributed by atoms with Crippen LogP contribution in [0.3, 0.4) is 0 Å². The lowest BCUT2D eigenvalue weighted by atomic mass is 9.75. The van der Waals surface area contributed by atoms with Gasteiger partial charge < -0.3 is 19.7 Å². The summed E-state index contributed by atoms with van der Waals surface area (Å²) in [5, 5.41) is 20.9. The summed E-state index contributed by atoms with van der Waals surface area (Å²) in [4.78, 5) is 12.9. The number of phenols is 2. The normalized spacial score (nSPS) is 18.7. The number of benzene rings is 3. The minimum atomic E-state index is -1.22. The molecule has 146 valence electrons. The molecule has 7 heteroatoms. The van der Waals surface area contributed by atoms with E-state index in [9.17, 15) is 15.0 Å². The topological polar surface area (TPSA) is 76.0 Å². The summed E-state index contributed by atoms with van der Waals surface area (Å²) < 4.78 is 13.4. The van der Waals surface area contributed by atoms with E-state index in [4.69, 9.17) is 9.47 Å². The van der Waals surface area contributed by atoms with Crippen molar-refractivity contribution in [2.45, 2.75) is 19.4 Å². The lowest BCUT2D eigenvalue weighted by Gasteiger charge is -2.39. The number of rotatable bonds is 0. The van der Waals surface area contributed by atoms with Crippen LogP contribution in [0.1, 0.15) is 38.2 Å². The zero-order valence-corrected chi connectivity index (χ0v) is 19.7. The molecule has 3 aromatic rings. The van der Waals surface area contributed by atoms with Crippen molar-refractivity contribution in [3.8, 4) is 23.0 Å². The van der Waals surface area contributed by atoms with Crippen LogP contribution >= 0.6 is 45.2 Å². The molecule has 2 heterocycles. The van der Waals surface area contributed by atoms with Gasteiger partial charge in [-0.3, -0.25) is 0 Å². The van der Waals surface area contributed by atoms with Gasteiger partial charge in [0.1, 0.15) is 11.5 Å². The van der Waals surface area contributed by atoms with Gasteiger partial charge >= 0.3 is 5.97 Å². The van der Waals surface area contributed by atoms with Crippen LogP contribution in [-0.2, 0) is 10.3 Å². The maximum atomic E-state index is 12.9. The summed E-state index contributed by atoms with van der Waals surface area (Å²) >= 11 is 4.06. The van der Waals surface area contributed by atoms with Gasteiger partial charge in [-0.1, -0.05) is 18.2 Å². The molecule has 0 saturated heterocycles. The van der Waals surface area contributed by atoms with Crippen LogP contribution in [0.25, 0.3) is 0 Å². The third-order valence-electron chi connectivity index (χ3n) is 5.71. The number of esters is 1. The second-order valence-corrected chi connectivity index (χ2v) is 9.27. The maximum absolute atomic E-state index is 12.9. The Hall–Kier alpha value is -2.01. The highest BCUT2D eigenvalue weighted by Gasteiger charge is 2.55. The summed E-state index contributed by atoms with van der Waals surface area (Å²) in [5.74, 6) is 0.648. The van der Waals surface area contributed by atoms with Crippen LogP contribution < -0.4 is 4.74 Å². The molecule has 0 aliphatic carbocycles. The average Bonchev–Trinajstić information content (AvgIpc) is 3.01. The number of phenolic OH excluding ortho intramolecular Hbond substituents is 2. The molecule has 0 saturated carbocycles. The standard InChI is InChI=1S/C22H14I2O5/c1-9-10(2)18(26)17(24)20-15(9)22(12-6-4-3-5-11(12)21(27)29-22)13-7-8-14(25)16(23)19(13)28-20/h3-8,25-26H,1-2H3. The maximum Gasteiger partial charge on any atom is 0.340 e. The Balaban J connectivity index is 2.01. The summed E-state index contributed by atoms with van der Waals surface area (Å²) in [6.07, 6.45) is 0. The van der Waals surface area contributed by atoms with Gasteiger partial charge in [-0.25, -0.2) is 4.79 Å². The van der Waals surface area contributed by atoms with E-state index >= 15 is 0 Å². The predicted molar refractivity (Wildman–Crippen MR) is 123 cm³/mol. The highest BCUT2D eigenvalue weighted by Crippen LogP contribution is 2.60. The molecule has 1 spiro atoms. The number of halogens is 2. The van der Waals surface area contributed by atoms with E-state index in [0.717, 1.165) is 11.1 Å². The molecule has 0 aromatic heterocycles. The smallest absolute Gasteiger partial charge is 0.340 e. The Morgan fingerprint density at radius 1 is 0.897 bits per heavy atom. The number of aromatic hydroxyl groups is 2. The molecule has 0 amide bonds. The van der Waals surface area contributed by atoms with Crippen molar-refractivity contribution in [2.75, 3.05) is 0 Å². The monoisotopic (exact) mass is 612 g/mol.